The fraction of sp³-hybridized carbons (Fsp3) is 0.417. The average Bonchev–Trinajstić information content (AvgIpc) is 2.13. The Labute approximate surface area is 88.6 Å². The fourth-order valence-corrected chi connectivity index (χ4v) is 2.83. The summed E-state index contributed by atoms with van der Waals surface area (Å²) in [6.45, 7) is 8.03. The van der Waals surface area contributed by atoms with Gasteiger partial charge in [-0.05, 0) is 12.5 Å². The molecule has 0 amide bonds. The fourth-order valence-electron chi connectivity index (χ4n) is 1.64. The van der Waals surface area contributed by atoms with Crippen molar-refractivity contribution in [2.45, 2.75) is 25.8 Å². The van der Waals surface area contributed by atoms with Crippen LogP contribution in [0.2, 0.25) is 5.54 Å². The highest BCUT2D eigenvalue weighted by Crippen LogP contribution is 2.41. The maximum atomic E-state index is 8.81. The zero-order valence-electron chi connectivity index (χ0n) is 8.75. The van der Waals surface area contributed by atoms with Crippen LogP contribution in [0, 0.1) is 16.7 Å². The molecule has 0 N–H and O–H groups in total. The van der Waals surface area contributed by atoms with Crippen LogP contribution in [0.5, 0.6) is 0 Å². The van der Waals surface area contributed by atoms with E-state index in [0.29, 0.717) is 21.5 Å². The third-order valence-electron chi connectivity index (χ3n) is 2.62. The van der Waals surface area contributed by atoms with Crippen LogP contribution in [0.4, 0.5) is 0 Å². The van der Waals surface area contributed by atoms with Crippen molar-refractivity contribution in [3.8, 4) is 6.07 Å². The van der Waals surface area contributed by atoms with Crippen LogP contribution < -0.4 is 0 Å². The molecule has 0 bridgehead atoms. The Balaban J connectivity index is 2.90. The molecule has 2 unspecified atom stereocenters. The predicted molar refractivity (Wildman–Crippen MR) is 60.9 cm³/mol. The molecule has 0 fully saturated rings. The van der Waals surface area contributed by atoms with E-state index in [1.807, 2.05) is 5.70 Å². The molecule has 1 nitrogen and oxygen atoms in total. The lowest BCUT2D eigenvalue weighted by atomic mass is 9.79. The molecule has 1 aliphatic carbocycles. The van der Waals surface area contributed by atoms with Crippen molar-refractivity contribution in [1.82, 2.24) is 0 Å². The highest BCUT2D eigenvalue weighted by atomic mass is 28.2. The second-order valence-corrected chi connectivity index (χ2v) is 5.30. The van der Waals surface area contributed by atoms with Gasteiger partial charge in [-0.25, -0.2) is 0 Å². The highest BCUT2D eigenvalue weighted by Gasteiger charge is 2.31. The molecule has 0 spiro atoms. The van der Waals surface area contributed by atoms with Gasteiger partial charge >= 0.3 is 0 Å². The lowest BCUT2D eigenvalue weighted by Gasteiger charge is -2.33. The number of rotatable bonds is 3. The molecule has 0 aromatic carbocycles. The van der Waals surface area contributed by atoms with E-state index in [1.165, 1.54) is 5.57 Å². The third kappa shape index (κ3) is 2.24. The van der Waals surface area contributed by atoms with Crippen LogP contribution >= 0.6 is 0 Å². The minimum absolute atomic E-state index is 0.000887. The number of allylic oxidation sites excluding steroid dienone is 4. The lowest BCUT2D eigenvalue weighted by Crippen LogP contribution is -2.24. The van der Waals surface area contributed by atoms with Gasteiger partial charge < -0.3 is 0 Å². The van der Waals surface area contributed by atoms with Gasteiger partial charge in [0.05, 0.1) is 15.6 Å². The molecule has 0 saturated heterocycles. The Hall–Kier alpha value is -1.07. The van der Waals surface area contributed by atoms with Crippen LogP contribution in [-0.4, -0.2) is 9.52 Å². The minimum Gasteiger partial charge on any atom is -0.198 e. The van der Waals surface area contributed by atoms with Crippen LogP contribution in [0.1, 0.15) is 20.3 Å². The summed E-state index contributed by atoms with van der Waals surface area (Å²) in [6, 6.07) is 2.27. The van der Waals surface area contributed by atoms with E-state index in [0.717, 1.165) is 0 Å². The summed E-state index contributed by atoms with van der Waals surface area (Å²) in [6.07, 6.45) is 7.13. The molecular formula is C12H15NSi. The van der Waals surface area contributed by atoms with E-state index < -0.39 is 0 Å². The molecule has 2 heteroatoms. The minimum atomic E-state index is 0.000887. The van der Waals surface area contributed by atoms with Crippen LogP contribution in [0.25, 0.3) is 0 Å². The molecule has 0 aromatic rings. The van der Waals surface area contributed by atoms with E-state index in [1.54, 1.807) is 0 Å². The van der Waals surface area contributed by atoms with Crippen LogP contribution in [0.3, 0.4) is 0 Å². The summed E-state index contributed by atoms with van der Waals surface area (Å²) in [4.78, 5) is 0. The Morgan fingerprint density at radius 3 is 3.07 bits per heavy atom. The molecule has 1 aliphatic rings. The number of hydrogen-bond acceptors (Lipinski definition) is 1. The smallest absolute Gasteiger partial charge is 0.0781 e. The molecule has 1 rings (SSSR count). The zero-order valence-corrected chi connectivity index (χ0v) is 9.75. The average molecular weight is 201 g/mol. The monoisotopic (exact) mass is 201 g/mol. The summed E-state index contributed by atoms with van der Waals surface area (Å²) in [5.74, 6) is 0. The van der Waals surface area contributed by atoms with E-state index in [9.17, 15) is 0 Å². The van der Waals surface area contributed by atoms with Gasteiger partial charge in [0.2, 0.25) is 0 Å². The van der Waals surface area contributed by atoms with Crippen LogP contribution in [0.15, 0.2) is 36.1 Å². The molecule has 0 aliphatic heterocycles. The molecule has 2 radical (unpaired) electrons. The Kier molecular flexibility index (Phi) is 3.48. The van der Waals surface area contributed by atoms with Gasteiger partial charge in [-0.3, -0.25) is 0 Å². The van der Waals surface area contributed by atoms with Gasteiger partial charge in [0, 0.05) is 11.8 Å². The topological polar surface area (TPSA) is 23.8 Å². The summed E-state index contributed by atoms with van der Waals surface area (Å²) in [5.41, 5.74) is 3.70. The standard InChI is InChI=1S/C12H15NSi/c1-4-14-11-9-10(2)5-6-12(11,3)7-8-13/h4-6,9,11H,1,7H2,2-3H3. The third-order valence-corrected chi connectivity index (χ3v) is 4.05. The van der Waals surface area contributed by atoms with Crippen LogP contribution in [-0.2, 0) is 0 Å². The normalized spacial score (nSPS) is 30.6. The van der Waals surface area contributed by atoms with Crippen molar-refractivity contribution in [2.75, 3.05) is 0 Å². The van der Waals surface area contributed by atoms with Crippen molar-refractivity contribution in [3.63, 3.8) is 0 Å². The van der Waals surface area contributed by atoms with Gasteiger partial charge in [0.1, 0.15) is 0 Å². The first-order chi connectivity index (χ1) is 6.62. The lowest BCUT2D eigenvalue weighted by molar-refractivity contribution is 0.438. The summed E-state index contributed by atoms with van der Waals surface area (Å²) < 4.78 is 0. The molecule has 0 saturated carbocycles. The first-order valence-electron chi connectivity index (χ1n) is 4.74. The van der Waals surface area contributed by atoms with Crippen molar-refractivity contribution in [2.24, 2.45) is 5.41 Å². The second-order valence-electron chi connectivity index (χ2n) is 3.93. The highest BCUT2D eigenvalue weighted by molar-refractivity contribution is 6.45. The predicted octanol–water partition coefficient (Wildman–Crippen LogP) is 3.06. The van der Waals surface area contributed by atoms with Crippen molar-refractivity contribution < 1.29 is 0 Å². The molecule has 14 heavy (non-hydrogen) atoms. The molecule has 0 aromatic heterocycles. The summed E-state index contributed by atoms with van der Waals surface area (Å²) >= 11 is 0. The van der Waals surface area contributed by atoms with E-state index in [4.69, 9.17) is 5.26 Å². The van der Waals surface area contributed by atoms with E-state index >= 15 is 0 Å². The summed E-state index contributed by atoms with van der Waals surface area (Å²) in [5, 5.41) is 8.81. The largest absolute Gasteiger partial charge is 0.198 e. The Morgan fingerprint density at radius 2 is 2.50 bits per heavy atom. The number of nitrogens with zero attached hydrogens (tertiary/aromatic N) is 1. The molecule has 0 heterocycles. The quantitative estimate of drug-likeness (QED) is 0.644. The number of nitriles is 1. The van der Waals surface area contributed by atoms with Gasteiger partial charge in [-0.1, -0.05) is 30.7 Å². The Morgan fingerprint density at radius 1 is 1.79 bits per heavy atom. The van der Waals surface area contributed by atoms with Crippen molar-refractivity contribution in [1.29, 1.82) is 5.26 Å². The zero-order chi connectivity index (χ0) is 10.6. The number of hydrogen-bond donors (Lipinski definition) is 0. The van der Waals surface area contributed by atoms with Crippen molar-refractivity contribution in [3.05, 3.63) is 36.1 Å². The molecule has 72 valence electrons. The van der Waals surface area contributed by atoms with E-state index in [-0.39, 0.29) is 5.41 Å². The first-order valence-corrected chi connectivity index (χ1v) is 5.89. The van der Waals surface area contributed by atoms with Gasteiger partial charge in [0.15, 0.2) is 0 Å². The van der Waals surface area contributed by atoms with E-state index in [2.05, 4.69) is 44.7 Å². The van der Waals surface area contributed by atoms with Crippen molar-refractivity contribution >= 4 is 9.52 Å². The SMILES string of the molecule is C=C[Si]C1C=C(C)C=CC1(C)CC#N. The molecule has 2 atom stereocenters. The van der Waals surface area contributed by atoms with Gasteiger partial charge in [-0.15, -0.1) is 12.3 Å². The second kappa shape index (κ2) is 4.43. The summed E-state index contributed by atoms with van der Waals surface area (Å²) in [7, 11) is 0.696. The molecular weight excluding hydrogens is 186 g/mol. The Bertz CT molecular complexity index is 322. The maximum absolute atomic E-state index is 8.81. The maximum Gasteiger partial charge on any atom is 0.0781 e. The first kappa shape index (κ1) is 11.0. The van der Waals surface area contributed by atoms with Gasteiger partial charge in [0.25, 0.3) is 0 Å². The van der Waals surface area contributed by atoms with Gasteiger partial charge in [-0.2, -0.15) is 5.26 Å².